The number of nitrogens with one attached hydrogen (secondary N) is 1. The second kappa shape index (κ2) is 9.69. The number of rotatable bonds is 8. The zero-order valence-electron chi connectivity index (χ0n) is 13.6. The fraction of sp³-hybridized carbons (Fsp3) is 0.278. The summed E-state index contributed by atoms with van der Waals surface area (Å²) in [6.07, 6.45) is -0.530. The van der Waals surface area contributed by atoms with E-state index in [1.54, 1.807) is 25.8 Å². The highest BCUT2D eigenvalue weighted by Crippen LogP contribution is 2.33. The van der Waals surface area contributed by atoms with Gasteiger partial charge < -0.3 is 14.8 Å². The predicted molar refractivity (Wildman–Crippen MR) is 97.9 cm³/mol. The minimum Gasteiger partial charge on any atom is -0.382 e. The number of halogens is 1. The highest BCUT2D eigenvalue weighted by Gasteiger charge is 2.13. The van der Waals surface area contributed by atoms with Crippen LogP contribution < -0.4 is 5.32 Å². The van der Waals surface area contributed by atoms with E-state index in [4.69, 9.17) is 21.1 Å². The van der Waals surface area contributed by atoms with Crippen LogP contribution in [0.3, 0.4) is 0 Å². The van der Waals surface area contributed by atoms with Gasteiger partial charge in [0.15, 0.2) is 0 Å². The summed E-state index contributed by atoms with van der Waals surface area (Å²) in [5.74, 6) is -0.183. The second-order valence-corrected chi connectivity index (χ2v) is 6.57. The summed E-state index contributed by atoms with van der Waals surface area (Å²) in [6, 6.07) is 15.3. The van der Waals surface area contributed by atoms with Gasteiger partial charge >= 0.3 is 0 Å². The standard InChI is InChI=1S/C18H20ClNO3S/c1-13(23-12-11-22-2)18(21)20-14-7-9-15(10-8-14)24-17-6-4-3-5-16(17)19/h3-10,13H,11-12H2,1-2H3,(H,20,21). The van der Waals surface area contributed by atoms with E-state index in [0.29, 0.717) is 13.2 Å². The van der Waals surface area contributed by atoms with Crippen molar-refractivity contribution in [1.29, 1.82) is 0 Å². The number of carbonyl (C=O) groups excluding carboxylic acids is 1. The average Bonchev–Trinajstić information content (AvgIpc) is 2.58. The third-order valence-corrected chi connectivity index (χ3v) is 4.74. The number of methoxy groups -OCH3 is 1. The van der Waals surface area contributed by atoms with E-state index in [9.17, 15) is 4.79 Å². The molecular formula is C18H20ClNO3S. The fourth-order valence-electron chi connectivity index (χ4n) is 1.89. The van der Waals surface area contributed by atoms with Crippen LogP contribution in [0.4, 0.5) is 5.69 Å². The van der Waals surface area contributed by atoms with Crippen molar-refractivity contribution in [3.05, 3.63) is 53.6 Å². The number of hydrogen-bond acceptors (Lipinski definition) is 4. The maximum atomic E-state index is 12.0. The Kier molecular flexibility index (Phi) is 7.59. The molecular weight excluding hydrogens is 346 g/mol. The minimum atomic E-state index is -0.530. The molecule has 0 aliphatic rings. The van der Waals surface area contributed by atoms with E-state index >= 15 is 0 Å². The molecule has 0 heterocycles. The maximum Gasteiger partial charge on any atom is 0.253 e. The Bertz CT molecular complexity index is 664. The van der Waals surface area contributed by atoms with Gasteiger partial charge in [0.2, 0.25) is 0 Å². The van der Waals surface area contributed by atoms with Crippen LogP contribution in [0, 0.1) is 0 Å². The molecule has 2 aromatic carbocycles. The molecule has 128 valence electrons. The molecule has 2 rings (SSSR count). The first kappa shape index (κ1) is 18.8. The molecule has 1 atom stereocenters. The molecule has 0 bridgehead atoms. The maximum absolute atomic E-state index is 12.0. The van der Waals surface area contributed by atoms with Crippen LogP contribution in [-0.4, -0.2) is 32.3 Å². The number of hydrogen-bond donors (Lipinski definition) is 1. The summed E-state index contributed by atoms with van der Waals surface area (Å²) < 4.78 is 10.3. The van der Waals surface area contributed by atoms with Crippen molar-refractivity contribution in [3.63, 3.8) is 0 Å². The van der Waals surface area contributed by atoms with Gasteiger partial charge in [-0.15, -0.1) is 0 Å². The Labute approximate surface area is 151 Å². The molecule has 6 heteroatoms. The highest BCUT2D eigenvalue weighted by molar-refractivity contribution is 7.99. The monoisotopic (exact) mass is 365 g/mol. The van der Waals surface area contributed by atoms with Gasteiger partial charge in [-0.05, 0) is 43.3 Å². The van der Waals surface area contributed by atoms with Crippen molar-refractivity contribution in [1.82, 2.24) is 0 Å². The second-order valence-electron chi connectivity index (χ2n) is 5.05. The Morgan fingerprint density at radius 1 is 1.17 bits per heavy atom. The summed E-state index contributed by atoms with van der Waals surface area (Å²) in [6.45, 7) is 2.57. The van der Waals surface area contributed by atoms with E-state index in [0.717, 1.165) is 20.5 Å². The van der Waals surface area contributed by atoms with Crippen molar-refractivity contribution >= 4 is 35.0 Å². The summed E-state index contributed by atoms with van der Waals surface area (Å²) >= 11 is 7.74. The lowest BCUT2D eigenvalue weighted by atomic mass is 10.3. The first-order chi connectivity index (χ1) is 11.6. The molecule has 0 aromatic heterocycles. The van der Waals surface area contributed by atoms with Gasteiger partial charge in [-0.2, -0.15) is 0 Å². The molecule has 1 N–H and O–H groups in total. The molecule has 0 aliphatic heterocycles. The van der Waals surface area contributed by atoms with Crippen molar-refractivity contribution in [3.8, 4) is 0 Å². The highest BCUT2D eigenvalue weighted by atomic mass is 35.5. The summed E-state index contributed by atoms with van der Waals surface area (Å²) in [7, 11) is 1.59. The van der Waals surface area contributed by atoms with E-state index in [2.05, 4.69) is 5.32 Å². The van der Waals surface area contributed by atoms with Crippen LogP contribution in [0.25, 0.3) is 0 Å². The summed E-state index contributed by atoms with van der Waals surface area (Å²) in [5.41, 5.74) is 0.728. The Hall–Kier alpha value is -1.53. The summed E-state index contributed by atoms with van der Waals surface area (Å²) in [5, 5.41) is 3.55. The molecule has 0 spiro atoms. The molecule has 0 saturated carbocycles. The first-order valence-corrected chi connectivity index (χ1v) is 8.73. The average molecular weight is 366 g/mol. The van der Waals surface area contributed by atoms with Crippen LogP contribution in [0.1, 0.15) is 6.92 Å². The molecule has 24 heavy (non-hydrogen) atoms. The zero-order valence-corrected chi connectivity index (χ0v) is 15.2. The van der Waals surface area contributed by atoms with Gasteiger partial charge in [0.05, 0.1) is 18.2 Å². The molecule has 1 amide bonds. The van der Waals surface area contributed by atoms with Crippen molar-refractivity contribution in [2.75, 3.05) is 25.6 Å². The van der Waals surface area contributed by atoms with Crippen LogP contribution >= 0.6 is 23.4 Å². The van der Waals surface area contributed by atoms with E-state index in [1.165, 1.54) is 0 Å². The molecule has 0 radical (unpaired) electrons. The fourth-order valence-corrected chi connectivity index (χ4v) is 2.98. The molecule has 0 fully saturated rings. The Balaban J connectivity index is 1.90. The van der Waals surface area contributed by atoms with Gasteiger partial charge in [-0.3, -0.25) is 4.79 Å². The summed E-state index contributed by atoms with van der Waals surface area (Å²) in [4.78, 5) is 14.1. The van der Waals surface area contributed by atoms with Crippen molar-refractivity contribution in [2.45, 2.75) is 22.8 Å². The van der Waals surface area contributed by atoms with E-state index in [-0.39, 0.29) is 5.91 Å². The van der Waals surface area contributed by atoms with E-state index < -0.39 is 6.10 Å². The van der Waals surface area contributed by atoms with Crippen LogP contribution in [0.5, 0.6) is 0 Å². The van der Waals surface area contributed by atoms with Crippen LogP contribution in [0.2, 0.25) is 5.02 Å². The van der Waals surface area contributed by atoms with Gasteiger partial charge in [0.25, 0.3) is 5.91 Å². The lowest BCUT2D eigenvalue weighted by molar-refractivity contribution is -0.127. The smallest absolute Gasteiger partial charge is 0.253 e. The molecule has 0 saturated heterocycles. The SMILES string of the molecule is COCCOC(C)C(=O)Nc1ccc(Sc2ccccc2Cl)cc1. The Morgan fingerprint density at radius 3 is 2.54 bits per heavy atom. The third kappa shape index (κ3) is 5.83. The topological polar surface area (TPSA) is 47.6 Å². The number of amides is 1. The third-order valence-electron chi connectivity index (χ3n) is 3.21. The quantitative estimate of drug-likeness (QED) is 0.700. The number of ether oxygens (including phenoxy) is 2. The Morgan fingerprint density at radius 2 is 1.88 bits per heavy atom. The predicted octanol–water partition coefficient (Wildman–Crippen LogP) is 4.48. The lowest BCUT2D eigenvalue weighted by Gasteiger charge is -2.13. The van der Waals surface area contributed by atoms with Crippen LogP contribution in [0.15, 0.2) is 58.3 Å². The molecule has 2 aromatic rings. The molecule has 4 nitrogen and oxygen atoms in total. The van der Waals surface area contributed by atoms with Crippen LogP contribution in [-0.2, 0) is 14.3 Å². The minimum absolute atomic E-state index is 0.183. The van der Waals surface area contributed by atoms with Crippen molar-refractivity contribution < 1.29 is 14.3 Å². The van der Waals surface area contributed by atoms with Gasteiger partial charge in [0, 0.05) is 22.6 Å². The van der Waals surface area contributed by atoms with Gasteiger partial charge in [-0.25, -0.2) is 0 Å². The molecule has 1 unspecified atom stereocenters. The van der Waals surface area contributed by atoms with Gasteiger partial charge in [-0.1, -0.05) is 35.5 Å². The number of benzene rings is 2. The lowest BCUT2D eigenvalue weighted by Crippen LogP contribution is -2.28. The first-order valence-electron chi connectivity index (χ1n) is 7.54. The molecule has 0 aliphatic carbocycles. The number of carbonyl (C=O) groups is 1. The van der Waals surface area contributed by atoms with Gasteiger partial charge in [0.1, 0.15) is 6.10 Å². The van der Waals surface area contributed by atoms with E-state index in [1.807, 2.05) is 48.5 Å². The van der Waals surface area contributed by atoms with Crippen molar-refractivity contribution in [2.24, 2.45) is 0 Å². The largest absolute Gasteiger partial charge is 0.382 e. The zero-order chi connectivity index (χ0) is 17.4. The number of anilines is 1. The normalized spacial score (nSPS) is 12.0.